The Labute approximate surface area is 124 Å². The number of fused-ring (bicyclic) bond motifs is 1. The second-order valence-electron chi connectivity index (χ2n) is 5.22. The lowest BCUT2D eigenvalue weighted by molar-refractivity contribution is 0.554. The van der Waals surface area contributed by atoms with Crippen LogP contribution in [0.15, 0.2) is 48.8 Å². The van der Waals surface area contributed by atoms with Gasteiger partial charge >= 0.3 is 0 Å². The maximum atomic E-state index is 4.39. The van der Waals surface area contributed by atoms with Crippen LogP contribution in [0.2, 0.25) is 0 Å². The minimum atomic E-state index is 0.155. The first kappa shape index (κ1) is 13.8. The summed E-state index contributed by atoms with van der Waals surface area (Å²) >= 11 is 0. The number of nitrogens with zero attached hydrogens (tertiary/aromatic N) is 3. The molecule has 21 heavy (non-hydrogen) atoms. The number of hydrogen-bond acceptors (Lipinski definition) is 3. The molecule has 0 aliphatic heterocycles. The zero-order chi connectivity index (χ0) is 14.7. The highest BCUT2D eigenvalue weighted by molar-refractivity contribution is 5.79. The van der Waals surface area contributed by atoms with Crippen molar-refractivity contribution in [1.29, 1.82) is 0 Å². The standard InChI is InChI=1S/C17H20N4/c1-3-9-19-17(16-8-11-20-21(16)2)14-6-7-15-13(12-14)5-4-10-18-15/h4-8,10-12,17,19H,3,9H2,1-2H3. The second kappa shape index (κ2) is 6.06. The van der Waals surface area contributed by atoms with Crippen molar-refractivity contribution in [2.75, 3.05) is 6.54 Å². The topological polar surface area (TPSA) is 42.7 Å². The van der Waals surface area contributed by atoms with E-state index in [9.17, 15) is 0 Å². The highest BCUT2D eigenvalue weighted by Crippen LogP contribution is 2.24. The molecule has 0 spiro atoms. The summed E-state index contributed by atoms with van der Waals surface area (Å²) in [5.41, 5.74) is 3.44. The van der Waals surface area contributed by atoms with Gasteiger partial charge in [-0.3, -0.25) is 9.67 Å². The third kappa shape index (κ3) is 2.81. The zero-order valence-corrected chi connectivity index (χ0v) is 12.5. The smallest absolute Gasteiger partial charge is 0.0748 e. The van der Waals surface area contributed by atoms with Crippen LogP contribution in [0.25, 0.3) is 10.9 Å². The number of nitrogens with one attached hydrogen (secondary N) is 1. The monoisotopic (exact) mass is 280 g/mol. The van der Waals surface area contributed by atoms with Gasteiger partial charge < -0.3 is 5.32 Å². The van der Waals surface area contributed by atoms with Crippen molar-refractivity contribution in [2.45, 2.75) is 19.4 Å². The molecule has 0 fully saturated rings. The molecule has 1 aromatic carbocycles. The Morgan fingerprint density at radius 3 is 2.86 bits per heavy atom. The largest absolute Gasteiger partial charge is 0.305 e. The summed E-state index contributed by atoms with van der Waals surface area (Å²) in [5.74, 6) is 0. The average molecular weight is 280 g/mol. The molecule has 1 unspecified atom stereocenters. The van der Waals surface area contributed by atoms with Gasteiger partial charge in [0.25, 0.3) is 0 Å². The molecule has 108 valence electrons. The minimum Gasteiger partial charge on any atom is -0.305 e. The van der Waals surface area contributed by atoms with Crippen molar-refractivity contribution in [1.82, 2.24) is 20.1 Å². The average Bonchev–Trinajstić information content (AvgIpc) is 2.94. The van der Waals surface area contributed by atoms with Gasteiger partial charge in [-0.15, -0.1) is 0 Å². The molecule has 2 heterocycles. The molecule has 0 amide bonds. The lowest BCUT2D eigenvalue weighted by Crippen LogP contribution is -2.25. The third-order valence-corrected chi connectivity index (χ3v) is 3.71. The van der Waals surface area contributed by atoms with Gasteiger partial charge in [-0.05, 0) is 42.8 Å². The van der Waals surface area contributed by atoms with E-state index in [4.69, 9.17) is 0 Å². The first-order valence-electron chi connectivity index (χ1n) is 7.35. The van der Waals surface area contributed by atoms with Crippen molar-refractivity contribution in [3.63, 3.8) is 0 Å². The first-order chi connectivity index (χ1) is 10.3. The number of rotatable bonds is 5. The quantitative estimate of drug-likeness (QED) is 0.781. The predicted octanol–water partition coefficient (Wildman–Crippen LogP) is 3.06. The molecular weight excluding hydrogens is 260 g/mol. The van der Waals surface area contributed by atoms with E-state index >= 15 is 0 Å². The predicted molar refractivity (Wildman–Crippen MR) is 85.1 cm³/mol. The molecule has 0 bridgehead atoms. The molecule has 4 nitrogen and oxygen atoms in total. The molecule has 0 aliphatic rings. The van der Waals surface area contributed by atoms with E-state index < -0.39 is 0 Å². The highest BCUT2D eigenvalue weighted by Gasteiger charge is 2.16. The lowest BCUT2D eigenvalue weighted by atomic mass is 10.0. The Morgan fingerprint density at radius 2 is 2.10 bits per heavy atom. The number of hydrogen-bond donors (Lipinski definition) is 1. The van der Waals surface area contributed by atoms with E-state index in [1.807, 2.05) is 30.2 Å². The summed E-state index contributed by atoms with van der Waals surface area (Å²) in [6, 6.07) is 12.7. The van der Waals surface area contributed by atoms with E-state index in [2.05, 4.69) is 52.7 Å². The zero-order valence-electron chi connectivity index (χ0n) is 12.5. The summed E-state index contributed by atoms with van der Waals surface area (Å²) in [6.07, 6.45) is 4.78. The van der Waals surface area contributed by atoms with E-state index in [-0.39, 0.29) is 6.04 Å². The van der Waals surface area contributed by atoms with Crippen LogP contribution >= 0.6 is 0 Å². The van der Waals surface area contributed by atoms with Gasteiger partial charge in [-0.1, -0.05) is 19.1 Å². The lowest BCUT2D eigenvalue weighted by Gasteiger charge is -2.19. The van der Waals surface area contributed by atoms with E-state index in [0.29, 0.717) is 0 Å². The van der Waals surface area contributed by atoms with Crippen molar-refractivity contribution in [3.8, 4) is 0 Å². The Kier molecular flexibility index (Phi) is 3.97. The van der Waals surface area contributed by atoms with E-state index in [0.717, 1.165) is 18.5 Å². The van der Waals surface area contributed by atoms with Crippen molar-refractivity contribution >= 4 is 10.9 Å². The highest BCUT2D eigenvalue weighted by atomic mass is 15.3. The van der Waals surface area contributed by atoms with Gasteiger partial charge in [0.15, 0.2) is 0 Å². The van der Waals surface area contributed by atoms with Gasteiger partial charge in [-0.2, -0.15) is 5.10 Å². The molecule has 4 heteroatoms. The fourth-order valence-corrected chi connectivity index (χ4v) is 2.62. The summed E-state index contributed by atoms with van der Waals surface area (Å²) in [4.78, 5) is 4.39. The molecule has 0 saturated heterocycles. The first-order valence-corrected chi connectivity index (χ1v) is 7.35. The van der Waals surface area contributed by atoms with E-state index in [1.54, 1.807) is 0 Å². The summed E-state index contributed by atoms with van der Waals surface area (Å²) in [5, 5.41) is 9.08. The fourth-order valence-electron chi connectivity index (χ4n) is 2.62. The Balaban J connectivity index is 2.03. The molecule has 1 atom stereocenters. The number of benzene rings is 1. The molecule has 3 rings (SSSR count). The Hall–Kier alpha value is -2.20. The maximum Gasteiger partial charge on any atom is 0.0748 e. The van der Waals surface area contributed by atoms with E-state index in [1.165, 1.54) is 16.6 Å². The molecule has 3 aromatic rings. The van der Waals surface area contributed by atoms with Crippen LogP contribution in [0.4, 0.5) is 0 Å². The van der Waals surface area contributed by atoms with Crippen LogP contribution in [-0.4, -0.2) is 21.3 Å². The summed E-state index contributed by atoms with van der Waals surface area (Å²) < 4.78 is 1.93. The van der Waals surface area contributed by atoms with Crippen LogP contribution < -0.4 is 5.32 Å². The van der Waals surface area contributed by atoms with Crippen molar-refractivity contribution in [2.24, 2.45) is 7.05 Å². The Bertz CT molecular complexity index is 732. The number of pyridine rings is 1. The third-order valence-electron chi connectivity index (χ3n) is 3.71. The molecule has 0 saturated carbocycles. The summed E-state index contributed by atoms with van der Waals surface area (Å²) in [7, 11) is 1.98. The molecule has 0 radical (unpaired) electrons. The van der Waals surface area contributed by atoms with Crippen LogP contribution in [0, 0.1) is 0 Å². The SMILES string of the molecule is CCCNC(c1ccc2ncccc2c1)c1ccnn1C. The summed E-state index contributed by atoms with van der Waals surface area (Å²) in [6.45, 7) is 3.15. The van der Waals surface area contributed by atoms with Crippen LogP contribution in [0.3, 0.4) is 0 Å². The normalized spacial score (nSPS) is 12.7. The van der Waals surface area contributed by atoms with Gasteiger partial charge in [0, 0.05) is 24.8 Å². The number of aryl methyl sites for hydroxylation is 1. The molecule has 1 N–H and O–H groups in total. The fraction of sp³-hybridized carbons (Fsp3) is 0.294. The molecule has 0 aliphatic carbocycles. The molecular formula is C17H20N4. The Morgan fingerprint density at radius 1 is 1.19 bits per heavy atom. The minimum absolute atomic E-state index is 0.155. The van der Waals surface area contributed by atoms with Crippen LogP contribution in [-0.2, 0) is 7.05 Å². The van der Waals surface area contributed by atoms with Crippen molar-refractivity contribution in [3.05, 3.63) is 60.0 Å². The van der Waals surface area contributed by atoms with Gasteiger partial charge in [0.05, 0.1) is 17.3 Å². The van der Waals surface area contributed by atoms with Crippen LogP contribution in [0.5, 0.6) is 0 Å². The van der Waals surface area contributed by atoms with Crippen LogP contribution in [0.1, 0.15) is 30.6 Å². The molecule has 2 aromatic heterocycles. The maximum absolute atomic E-state index is 4.39. The van der Waals surface area contributed by atoms with Crippen molar-refractivity contribution < 1.29 is 0 Å². The second-order valence-corrected chi connectivity index (χ2v) is 5.22. The van der Waals surface area contributed by atoms with Gasteiger partial charge in [0.1, 0.15) is 0 Å². The number of aromatic nitrogens is 3. The van der Waals surface area contributed by atoms with Gasteiger partial charge in [0.2, 0.25) is 0 Å². The van der Waals surface area contributed by atoms with Gasteiger partial charge in [-0.25, -0.2) is 0 Å².